The summed E-state index contributed by atoms with van der Waals surface area (Å²) in [7, 11) is 0. The monoisotopic (exact) mass is 154 g/mol. The van der Waals surface area contributed by atoms with E-state index in [0.29, 0.717) is 6.61 Å². The Morgan fingerprint density at radius 1 is 1.64 bits per heavy atom. The summed E-state index contributed by atoms with van der Waals surface area (Å²) < 4.78 is 4.75. The molecule has 0 aromatic rings. The van der Waals surface area contributed by atoms with E-state index in [1.165, 1.54) is 6.08 Å². The number of hydrogen-bond donors (Lipinski definition) is 0. The molecule has 0 saturated heterocycles. The molecule has 0 bridgehead atoms. The van der Waals surface area contributed by atoms with Gasteiger partial charge in [-0.2, -0.15) is 0 Å². The number of ether oxygens (including phenoxy) is 1. The van der Waals surface area contributed by atoms with Gasteiger partial charge in [-0.25, -0.2) is 4.79 Å². The molecule has 0 N–H and O–H groups in total. The zero-order valence-electron chi connectivity index (χ0n) is 6.88. The average Bonchev–Trinajstić information content (AvgIpc) is 2.04. The molecule has 0 aliphatic heterocycles. The number of rotatable bonds is 5. The maximum absolute atomic E-state index is 10.5. The van der Waals surface area contributed by atoms with E-state index in [9.17, 15) is 4.79 Å². The molecule has 0 atom stereocenters. The van der Waals surface area contributed by atoms with Crippen molar-refractivity contribution in [3.63, 3.8) is 0 Å². The van der Waals surface area contributed by atoms with Gasteiger partial charge >= 0.3 is 5.97 Å². The maximum atomic E-state index is 10.5. The molecule has 0 heterocycles. The van der Waals surface area contributed by atoms with Gasteiger partial charge in [-0.1, -0.05) is 18.7 Å². The predicted octanol–water partition coefficient (Wildman–Crippen LogP) is 2.07. The van der Waals surface area contributed by atoms with Crippen molar-refractivity contribution < 1.29 is 9.53 Å². The molecule has 2 heteroatoms. The second kappa shape index (κ2) is 7.06. The largest absolute Gasteiger partial charge is 0.463 e. The van der Waals surface area contributed by atoms with Crippen LogP contribution in [0.3, 0.4) is 0 Å². The van der Waals surface area contributed by atoms with Crippen molar-refractivity contribution in [3.8, 4) is 0 Å². The number of carbonyl (C=O) groups excluding carboxylic acids is 1. The summed E-state index contributed by atoms with van der Waals surface area (Å²) >= 11 is 0. The van der Waals surface area contributed by atoms with Gasteiger partial charge in [0.15, 0.2) is 0 Å². The molecule has 62 valence electrons. The Bertz CT molecular complexity index is 148. The second-order valence-corrected chi connectivity index (χ2v) is 2.08. The average molecular weight is 154 g/mol. The first-order valence-electron chi connectivity index (χ1n) is 3.71. The fraction of sp³-hybridized carbons (Fsp3) is 0.444. The van der Waals surface area contributed by atoms with Crippen molar-refractivity contribution in [2.24, 2.45) is 0 Å². The van der Waals surface area contributed by atoms with E-state index < -0.39 is 0 Å². The Hall–Kier alpha value is -1.05. The van der Waals surface area contributed by atoms with Crippen LogP contribution in [0.4, 0.5) is 0 Å². The molecule has 2 nitrogen and oxygen atoms in total. The van der Waals surface area contributed by atoms with Crippen LogP contribution in [-0.2, 0) is 9.53 Å². The number of carbonyl (C=O) groups is 1. The molecule has 11 heavy (non-hydrogen) atoms. The van der Waals surface area contributed by atoms with E-state index in [2.05, 4.69) is 6.58 Å². The van der Waals surface area contributed by atoms with Crippen LogP contribution in [0.15, 0.2) is 24.8 Å². The first-order chi connectivity index (χ1) is 5.31. The summed E-state index contributed by atoms with van der Waals surface area (Å²) in [6.45, 7) is 5.74. The van der Waals surface area contributed by atoms with E-state index in [-0.39, 0.29) is 5.97 Å². The van der Waals surface area contributed by atoms with Crippen LogP contribution in [0.1, 0.15) is 19.8 Å². The summed E-state index contributed by atoms with van der Waals surface area (Å²) in [6, 6.07) is 0. The third-order valence-electron chi connectivity index (χ3n) is 1.16. The van der Waals surface area contributed by atoms with Gasteiger partial charge in [0.25, 0.3) is 0 Å². The zero-order chi connectivity index (χ0) is 8.53. The lowest BCUT2D eigenvalue weighted by Crippen LogP contribution is -2.00. The quantitative estimate of drug-likeness (QED) is 0.262. The molecular weight excluding hydrogens is 140 g/mol. The van der Waals surface area contributed by atoms with Crippen molar-refractivity contribution in [2.75, 3.05) is 6.61 Å². The van der Waals surface area contributed by atoms with Crippen molar-refractivity contribution in [1.29, 1.82) is 0 Å². The van der Waals surface area contributed by atoms with E-state index in [0.717, 1.165) is 12.8 Å². The van der Waals surface area contributed by atoms with Gasteiger partial charge in [-0.3, -0.25) is 0 Å². The van der Waals surface area contributed by atoms with E-state index >= 15 is 0 Å². The summed E-state index contributed by atoms with van der Waals surface area (Å²) in [6.07, 6.45) is 7.04. The fourth-order valence-corrected chi connectivity index (χ4v) is 0.600. The molecule has 0 rings (SSSR count). The lowest BCUT2D eigenvalue weighted by molar-refractivity contribution is -0.137. The molecule has 0 saturated carbocycles. The molecule has 0 aromatic heterocycles. The summed E-state index contributed by atoms with van der Waals surface area (Å²) in [5, 5.41) is 0. The molecule has 0 radical (unpaired) electrons. The standard InChI is InChI=1S/C9H14O2/c1-3-5-6-7-8-11-9(10)4-2/h3-5H,2,6-8H2,1H3/b5-3+. The normalized spacial score (nSPS) is 9.91. The Labute approximate surface area is 67.6 Å². The molecule has 0 fully saturated rings. The van der Waals surface area contributed by atoms with Crippen molar-refractivity contribution in [1.82, 2.24) is 0 Å². The summed E-state index contributed by atoms with van der Waals surface area (Å²) in [5.41, 5.74) is 0. The van der Waals surface area contributed by atoms with Crippen LogP contribution in [0.25, 0.3) is 0 Å². The van der Waals surface area contributed by atoms with Gasteiger partial charge in [0, 0.05) is 6.08 Å². The predicted molar refractivity (Wildman–Crippen MR) is 45.2 cm³/mol. The van der Waals surface area contributed by atoms with E-state index in [1.807, 2.05) is 19.1 Å². The van der Waals surface area contributed by atoms with Gasteiger partial charge in [0.05, 0.1) is 6.61 Å². The number of allylic oxidation sites excluding steroid dienone is 2. The highest BCUT2D eigenvalue weighted by atomic mass is 16.5. The van der Waals surface area contributed by atoms with Gasteiger partial charge in [-0.15, -0.1) is 0 Å². The van der Waals surface area contributed by atoms with Crippen LogP contribution in [0.2, 0.25) is 0 Å². The molecule has 0 spiro atoms. The fourth-order valence-electron chi connectivity index (χ4n) is 0.600. The molecule has 0 aliphatic rings. The Morgan fingerprint density at radius 3 is 2.91 bits per heavy atom. The smallest absolute Gasteiger partial charge is 0.330 e. The molecule has 0 aliphatic carbocycles. The molecule has 0 aromatic carbocycles. The highest BCUT2D eigenvalue weighted by Crippen LogP contribution is 1.92. The Balaban J connectivity index is 3.14. The minimum atomic E-state index is -0.342. The second-order valence-electron chi connectivity index (χ2n) is 2.08. The van der Waals surface area contributed by atoms with Gasteiger partial charge < -0.3 is 4.74 Å². The van der Waals surface area contributed by atoms with Crippen LogP contribution in [-0.4, -0.2) is 12.6 Å². The lowest BCUT2D eigenvalue weighted by atomic mass is 10.3. The topological polar surface area (TPSA) is 26.3 Å². The van der Waals surface area contributed by atoms with Crippen LogP contribution < -0.4 is 0 Å². The van der Waals surface area contributed by atoms with Gasteiger partial charge in [0.1, 0.15) is 0 Å². The SMILES string of the molecule is C=CC(=O)OCCC/C=C/C. The van der Waals surface area contributed by atoms with E-state index in [4.69, 9.17) is 4.74 Å². The Morgan fingerprint density at radius 2 is 2.36 bits per heavy atom. The minimum absolute atomic E-state index is 0.342. The van der Waals surface area contributed by atoms with Crippen molar-refractivity contribution >= 4 is 5.97 Å². The summed E-state index contributed by atoms with van der Waals surface area (Å²) in [4.78, 5) is 10.5. The highest BCUT2D eigenvalue weighted by Gasteiger charge is 1.92. The van der Waals surface area contributed by atoms with E-state index in [1.54, 1.807) is 0 Å². The minimum Gasteiger partial charge on any atom is -0.463 e. The first kappa shape index (κ1) is 9.95. The number of hydrogen-bond acceptors (Lipinski definition) is 2. The van der Waals surface area contributed by atoms with Crippen molar-refractivity contribution in [3.05, 3.63) is 24.8 Å². The van der Waals surface area contributed by atoms with Crippen LogP contribution in [0.5, 0.6) is 0 Å². The van der Waals surface area contributed by atoms with Crippen molar-refractivity contribution in [2.45, 2.75) is 19.8 Å². The van der Waals surface area contributed by atoms with Gasteiger partial charge in [-0.05, 0) is 19.8 Å². The number of unbranched alkanes of at least 4 members (excludes halogenated alkanes) is 1. The van der Waals surface area contributed by atoms with Gasteiger partial charge in [0.2, 0.25) is 0 Å². The highest BCUT2D eigenvalue weighted by molar-refractivity contribution is 5.81. The molecular formula is C9H14O2. The zero-order valence-corrected chi connectivity index (χ0v) is 6.88. The lowest BCUT2D eigenvalue weighted by Gasteiger charge is -1.97. The number of esters is 1. The molecule has 0 amide bonds. The Kier molecular flexibility index (Phi) is 6.39. The first-order valence-corrected chi connectivity index (χ1v) is 3.71. The third-order valence-corrected chi connectivity index (χ3v) is 1.16. The van der Waals surface area contributed by atoms with Crippen LogP contribution in [0, 0.1) is 0 Å². The molecule has 0 unspecified atom stereocenters. The maximum Gasteiger partial charge on any atom is 0.330 e. The third kappa shape index (κ3) is 6.84. The van der Waals surface area contributed by atoms with Crippen LogP contribution >= 0.6 is 0 Å². The summed E-state index contributed by atoms with van der Waals surface area (Å²) in [5.74, 6) is -0.342.